The summed E-state index contributed by atoms with van der Waals surface area (Å²) in [6.07, 6.45) is 9.79. The van der Waals surface area contributed by atoms with Crippen molar-refractivity contribution in [2.75, 3.05) is 5.32 Å². The van der Waals surface area contributed by atoms with Crippen LogP contribution < -0.4 is 10.9 Å². The first kappa shape index (κ1) is 16.6. The van der Waals surface area contributed by atoms with Gasteiger partial charge in [0.2, 0.25) is 0 Å². The van der Waals surface area contributed by atoms with Crippen LogP contribution in [0.1, 0.15) is 31.7 Å². The zero-order valence-electron chi connectivity index (χ0n) is 15.0. The Kier molecular flexibility index (Phi) is 4.08. The molecule has 0 atom stereocenters. The third kappa shape index (κ3) is 3.02. The van der Waals surface area contributed by atoms with Crippen LogP contribution in [0.25, 0.3) is 16.8 Å². The van der Waals surface area contributed by atoms with Gasteiger partial charge >= 0.3 is 0 Å². The summed E-state index contributed by atoms with van der Waals surface area (Å²) in [5.41, 5.74) is 0.613. The maximum atomic E-state index is 12.3. The minimum atomic E-state index is -0.105. The lowest BCUT2D eigenvalue weighted by Crippen LogP contribution is -2.33. The van der Waals surface area contributed by atoms with E-state index in [2.05, 4.69) is 30.7 Å². The molecule has 1 fully saturated rings. The number of fused-ring (bicyclic) bond motifs is 1. The molecular formula is C18H18N8O2. The van der Waals surface area contributed by atoms with Gasteiger partial charge in [-0.05, 0) is 37.8 Å². The Morgan fingerprint density at radius 2 is 2.04 bits per heavy atom. The van der Waals surface area contributed by atoms with Gasteiger partial charge in [0, 0.05) is 17.5 Å². The first-order chi connectivity index (χ1) is 13.8. The van der Waals surface area contributed by atoms with Crippen LogP contribution in [-0.2, 0) is 0 Å². The van der Waals surface area contributed by atoms with Crippen LogP contribution in [0.5, 0.6) is 0 Å². The first-order valence-corrected chi connectivity index (χ1v) is 9.18. The molecule has 5 rings (SSSR count). The highest BCUT2D eigenvalue weighted by atomic mass is 16.3. The van der Waals surface area contributed by atoms with E-state index >= 15 is 0 Å². The molecular weight excluding hydrogens is 360 g/mol. The van der Waals surface area contributed by atoms with Gasteiger partial charge in [-0.1, -0.05) is 0 Å². The van der Waals surface area contributed by atoms with Gasteiger partial charge in [-0.3, -0.25) is 4.79 Å². The normalized spacial score (nSPS) is 19.7. The average Bonchev–Trinajstić information content (AvgIpc) is 3.42. The molecule has 0 unspecified atom stereocenters. The quantitative estimate of drug-likeness (QED) is 0.573. The summed E-state index contributed by atoms with van der Waals surface area (Å²) in [5, 5.41) is 21.1. The molecule has 1 aliphatic carbocycles. The van der Waals surface area contributed by atoms with Gasteiger partial charge in [0.15, 0.2) is 17.2 Å². The highest BCUT2D eigenvalue weighted by Gasteiger charge is 2.25. The van der Waals surface area contributed by atoms with Gasteiger partial charge in [0.1, 0.15) is 12.7 Å². The Morgan fingerprint density at radius 3 is 2.86 bits per heavy atom. The fourth-order valence-corrected chi connectivity index (χ4v) is 3.69. The number of nitrogens with one attached hydrogen (secondary N) is 1. The molecule has 28 heavy (non-hydrogen) atoms. The van der Waals surface area contributed by atoms with E-state index in [9.17, 15) is 4.79 Å². The summed E-state index contributed by atoms with van der Waals surface area (Å²) < 4.78 is 8.63. The molecule has 10 heteroatoms. The van der Waals surface area contributed by atoms with Crippen molar-refractivity contribution in [3.8, 4) is 5.82 Å². The molecule has 0 aliphatic heterocycles. The van der Waals surface area contributed by atoms with E-state index in [1.165, 1.54) is 12.4 Å². The van der Waals surface area contributed by atoms with Gasteiger partial charge in [0.05, 0.1) is 18.5 Å². The van der Waals surface area contributed by atoms with E-state index in [1.54, 1.807) is 34.2 Å². The summed E-state index contributed by atoms with van der Waals surface area (Å²) in [7, 11) is 0. The van der Waals surface area contributed by atoms with Crippen LogP contribution in [0, 0.1) is 0 Å². The molecule has 0 saturated heterocycles. The minimum Gasteiger partial charge on any atom is -0.460 e. The average molecular weight is 378 g/mol. The van der Waals surface area contributed by atoms with Gasteiger partial charge in [-0.15, -0.1) is 10.2 Å². The molecule has 4 aromatic heterocycles. The molecule has 142 valence electrons. The van der Waals surface area contributed by atoms with E-state index in [0.29, 0.717) is 11.6 Å². The van der Waals surface area contributed by atoms with Gasteiger partial charge in [-0.25, -0.2) is 14.3 Å². The van der Waals surface area contributed by atoms with E-state index in [-0.39, 0.29) is 17.6 Å². The Morgan fingerprint density at radius 1 is 1.14 bits per heavy atom. The SMILES string of the molecule is O=c1ccc(-n2cncn2)nn1C1CCC(Nc2nncc3ccoc23)CC1. The number of anilines is 1. The standard InChI is InChI=1S/C18H18N8O2/c27-16-6-5-15(25-11-19-10-21-25)24-26(16)14-3-1-13(2-4-14)22-18-17-12(7-8-28-17)9-20-23-18/h5-11,13-14H,1-4H2,(H,22,23). The molecule has 10 nitrogen and oxygen atoms in total. The number of aromatic nitrogens is 7. The smallest absolute Gasteiger partial charge is 0.267 e. The van der Waals surface area contributed by atoms with E-state index in [1.807, 2.05) is 6.07 Å². The maximum absolute atomic E-state index is 12.3. The van der Waals surface area contributed by atoms with Crippen molar-refractivity contribution >= 4 is 16.8 Å². The van der Waals surface area contributed by atoms with Crippen LogP contribution in [0.2, 0.25) is 0 Å². The third-order valence-corrected chi connectivity index (χ3v) is 5.11. The van der Waals surface area contributed by atoms with E-state index in [4.69, 9.17) is 4.42 Å². The topological polar surface area (TPSA) is 117 Å². The van der Waals surface area contributed by atoms with Crippen LogP contribution in [0.3, 0.4) is 0 Å². The molecule has 1 saturated carbocycles. The third-order valence-electron chi connectivity index (χ3n) is 5.11. The number of rotatable bonds is 4. The monoisotopic (exact) mass is 378 g/mol. The summed E-state index contributed by atoms with van der Waals surface area (Å²) in [6.45, 7) is 0. The molecule has 0 bridgehead atoms. The van der Waals surface area contributed by atoms with Crippen molar-refractivity contribution in [2.24, 2.45) is 0 Å². The largest absolute Gasteiger partial charge is 0.460 e. The van der Waals surface area contributed by atoms with Crippen molar-refractivity contribution in [3.05, 3.63) is 53.7 Å². The molecule has 1 aliphatic rings. The fourth-order valence-electron chi connectivity index (χ4n) is 3.69. The van der Waals surface area contributed by atoms with Crippen LogP contribution in [0.4, 0.5) is 5.82 Å². The van der Waals surface area contributed by atoms with Crippen LogP contribution in [0.15, 0.2) is 52.5 Å². The van der Waals surface area contributed by atoms with Crippen molar-refractivity contribution in [3.63, 3.8) is 0 Å². The Labute approximate surface area is 159 Å². The van der Waals surface area contributed by atoms with Crippen LogP contribution in [-0.4, -0.2) is 40.8 Å². The zero-order chi connectivity index (χ0) is 18.9. The number of furan rings is 1. The number of nitrogens with zero attached hydrogens (tertiary/aromatic N) is 7. The minimum absolute atomic E-state index is 0.0551. The summed E-state index contributed by atoms with van der Waals surface area (Å²) in [4.78, 5) is 16.3. The van der Waals surface area contributed by atoms with Crippen molar-refractivity contribution in [2.45, 2.75) is 37.8 Å². The first-order valence-electron chi connectivity index (χ1n) is 9.18. The number of hydrogen-bond donors (Lipinski definition) is 1. The second-order valence-corrected chi connectivity index (χ2v) is 6.86. The predicted octanol–water partition coefficient (Wildman–Crippen LogP) is 1.96. The van der Waals surface area contributed by atoms with Crippen molar-refractivity contribution in [1.82, 2.24) is 34.7 Å². The van der Waals surface area contributed by atoms with E-state index in [0.717, 1.165) is 36.7 Å². The Bertz CT molecular complexity index is 1140. The predicted molar refractivity (Wildman–Crippen MR) is 100 cm³/mol. The molecule has 0 radical (unpaired) electrons. The van der Waals surface area contributed by atoms with Crippen LogP contribution >= 0.6 is 0 Å². The maximum Gasteiger partial charge on any atom is 0.267 e. The second-order valence-electron chi connectivity index (χ2n) is 6.86. The lowest BCUT2D eigenvalue weighted by Gasteiger charge is -2.29. The molecule has 0 amide bonds. The van der Waals surface area contributed by atoms with Crippen molar-refractivity contribution < 1.29 is 4.42 Å². The Balaban J connectivity index is 1.30. The molecule has 1 N–H and O–H groups in total. The summed E-state index contributed by atoms with van der Waals surface area (Å²) >= 11 is 0. The second kappa shape index (κ2) is 6.87. The van der Waals surface area contributed by atoms with Gasteiger partial charge < -0.3 is 9.73 Å². The van der Waals surface area contributed by atoms with Crippen molar-refractivity contribution in [1.29, 1.82) is 0 Å². The molecule has 4 aromatic rings. The van der Waals surface area contributed by atoms with Gasteiger partial charge in [0.25, 0.3) is 5.56 Å². The van der Waals surface area contributed by atoms with Gasteiger partial charge in [-0.2, -0.15) is 10.2 Å². The zero-order valence-corrected chi connectivity index (χ0v) is 15.0. The molecule has 0 spiro atoms. The summed E-state index contributed by atoms with van der Waals surface area (Å²) in [6, 6.07) is 5.35. The molecule has 4 heterocycles. The van der Waals surface area contributed by atoms with E-state index < -0.39 is 0 Å². The summed E-state index contributed by atoms with van der Waals surface area (Å²) in [5.74, 6) is 1.24. The molecule has 0 aromatic carbocycles. The number of hydrogen-bond acceptors (Lipinski definition) is 8. The Hall–Kier alpha value is -3.56. The fraction of sp³-hybridized carbons (Fsp3) is 0.333. The lowest BCUT2D eigenvalue weighted by atomic mass is 9.91. The highest BCUT2D eigenvalue weighted by molar-refractivity contribution is 5.85. The lowest BCUT2D eigenvalue weighted by molar-refractivity contribution is 0.302. The highest BCUT2D eigenvalue weighted by Crippen LogP contribution is 2.30.